The summed E-state index contributed by atoms with van der Waals surface area (Å²) >= 11 is 1.65. The number of nitrogens with two attached hydrogens (primary N) is 1. The van der Waals surface area contributed by atoms with Gasteiger partial charge in [-0.2, -0.15) is 0 Å². The van der Waals surface area contributed by atoms with Gasteiger partial charge in [-0.15, -0.1) is 11.3 Å². The number of anilines is 1. The third-order valence-corrected chi connectivity index (χ3v) is 4.03. The van der Waals surface area contributed by atoms with Crippen molar-refractivity contribution < 1.29 is 0 Å². The second kappa shape index (κ2) is 5.06. The zero-order chi connectivity index (χ0) is 12.4. The Kier molecular flexibility index (Phi) is 3.69. The van der Waals surface area contributed by atoms with Crippen LogP contribution in [-0.4, -0.2) is 22.0 Å². The van der Waals surface area contributed by atoms with Crippen molar-refractivity contribution in [3.63, 3.8) is 0 Å². The Hall–Kier alpha value is -1.07. The molecule has 0 aliphatic heterocycles. The molecule has 0 fully saturated rings. The summed E-state index contributed by atoms with van der Waals surface area (Å²) in [6, 6.07) is 0.495. The highest BCUT2D eigenvalue weighted by atomic mass is 32.1. The molecular formula is C12H20N4S. The van der Waals surface area contributed by atoms with Gasteiger partial charge in [0.25, 0.3) is 0 Å². The predicted molar refractivity (Wildman–Crippen MR) is 73.7 cm³/mol. The van der Waals surface area contributed by atoms with Crippen LogP contribution in [0.5, 0.6) is 0 Å². The third-order valence-electron chi connectivity index (χ3n) is 3.27. The van der Waals surface area contributed by atoms with Gasteiger partial charge in [0, 0.05) is 30.7 Å². The van der Waals surface area contributed by atoms with Gasteiger partial charge < -0.3 is 10.6 Å². The number of hydrogen-bond acceptors (Lipinski definition) is 4. The lowest BCUT2D eigenvalue weighted by Gasteiger charge is -2.28. The van der Waals surface area contributed by atoms with Crippen LogP contribution >= 0.6 is 11.3 Å². The number of nitrogens with zero attached hydrogens (tertiary/aromatic N) is 3. The first-order chi connectivity index (χ1) is 8.22. The van der Waals surface area contributed by atoms with E-state index in [4.69, 9.17) is 10.7 Å². The molecule has 0 saturated heterocycles. The average molecular weight is 252 g/mol. The van der Waals surface area contributed by atoms with E-state index in [1.807, 2.05) is 11.6 Å². The molecule has 1 unspecified atom stereocenters. The molecule has 94 valence electrons. The predicted octanol–water partition coefficient (Wildman–Crippen LogP) is 2.48. The summed E-state index contributed by atoms with van der Waals surface area (Å²) in [4.78, 5) is 8.08. The lowest BCUT2D eigenvalue weighted by atomic mass is 10.2. The highest BCUT2D eigenvalue weighted by molar-refractivity contribution is 7.15. The van der Waals surface area contributed by atoms with Gasteiger partial charge in [-0.1, -0.05) is 6.92 Å². The number of fused-ring (bicyclic) bond motifs is 1. The molecule has 2 aromatic heterocycles. The maximum atomic E-state index is 5.87. The molecule has 0 aromatic carbocycles. The van der Waals surface area contributed by atoms with Crippen LogP contribution in [0.25, 0.3) is 4.96 Å². The molecule has 2 N–H and O–H groups in total. The molecule has 0 saturated carbocycles. The molecule has 0 aliphatic rings. The molecule has 0 aliphatic carbocycles. The maximum Gasteiger partial charge on any atom is 0.195 e. The van der Waals surface area contributed by atoms with Crippen molar-refractivity contribution in [1.29, 1.82) is 0 Å². The zero-order valence-electron chi connectivity index (χ0n) is 10.7. The molecule has 17 heavy (non-hydrogen) atoms. The molecule has 0 bridgehead atoms. The summed E-state index contributed by atoms with van der Waals surface area (Å²) in [6.07, 6.45) is 3.16. The van der Waals surface area contributed by atoms with Gasteiger partial charge in [-0.3, -0.25) is 4.40 Å². The van der Waals surface area contributed by atoms with Gasteiger partial charge in [-0.05, 0) is 20.3 Å². The first kappa shape index (κ1) is 12.4. The van der Waals surface area contributed by atoms with Gasteiger partial charge in [-0.25, -0.2) is 4.98 Å². The summed E-state index contributed by atoms with van der Waals surface area (Å²) < 4.78 is 2.10. The van der Waals surface area contributed by atoms with Gasteiger partial charge >= 0.3 is 0 Å². The standard InChI is InChI=1S/C12H20N4S/c1-4-9(3)15(5-2)11-10(8-13)16-6-7-17-12(16)14-11/h6-7,9H,4-5,8,13H2,1-3H3. The van der Waals surface area contributed by atoms with Crippen LogP contribution in [0.4, 0.5) is 5.82 Å². The van der Waals surface area contributed by atoms with Crippen LogP contribution in [0.3, 0.4) is 0 Å². The number of rotatable bonds is 5. The molecule has 0 amide bonds. The van der Waals surface area contributed by atoms with Crippen LogP contribution < -0.4 is 10.6 Å². The molecule has 1 atom stereocenters. The molecular weight excluding hydrogens is 232 g/mol. The van der Waals surface area contributed by atoms with E-state index < -0.39 is 0 Å². The normalized spacial score (nSPS) is 13.2. The van der Waals surface area contributed by atoms with E-state index in [-0.39, 0.29) is 0 Å². The van der Waals surface area contributed by atoms with Crippen LogP contribution in [0.2, 0.25) is 0 Å². The first-order valence-corrected chi connectivity index (χ1v) is 7.02. The van der Waals surface area contributed by atoms with Crippen molar-refractivity contribution in [2.24, 2.45) is 5.73 Å². The Morgan fingerprint density at radius 2 is 2.29 bits per heavy atom. The van der Waals surface area contributed by atoms with Crippen molar-refractivity contribution >= 4 is 22.1 Å². The fourth-order valence-electron chi connectivity index (χ4n) is 2.13. The maximum absolute atomic E-state index is 5.87. The van der Waals surface area contributed by atoms with E-state index in [0.29, 0.717) is 12.6 Å². The molecule has 2 aromatic rings. The summed E-state index contributed by atoms with van der Waals surface area (Å²) in [5.41, 5.74) is 6.99. The average Bonchev–Trinajstić information content (AvgIpc) is 2.89. The van der Waals surface area contributed by atoms with Gasteiger partial charge in [0.2, 0.25) is 0 Å². The molecule has 2 heterocycles. The summed E-state index contributed by atoms with van der Waals surface area (Å²) in [6.45, 7) is 8.10. The highest BCUT2D eigenvalue weighted by Gasteiger charge is 2.20. The number of hydrogen-bond donors (Lipinski definition) is 1. The lowest BCUT2D eigenvalue weighted by molar-refractivity contribution is 0.621. The monoisotopic (exact) mass is 252 g/mol. The number of thiazole rings is 1. The molecule has 0 spiro atoms. The number of aromatic nitrogens is 2. The second-order valence-electron chi connectivity index (χ2n) is 4.19. The minimum atomic E-state index is 0.495. The van der Waals surface area contributed by atoms with E-state index >= 15 is 0 Å². The molecule has 2 rings (SSSR count). The SMILES string of the molecule is CCC(C)N(CC)c1nc2sccn2c1CN. The Morgan fingerprint density at radius 1 is 1.53 bits per heavy atom. The lowest BCUT2D eigenvalue weighted by Crippen LogP contribution is -2.33. The fraction of sp³-hybridized carbons (Fsp3) is 0.583. The minimum Gasteiger partial charge on any atom is -0.353 e. The molecule has 0 radical (unpaired) electrons. The molecule has 4 nitrogen and oxygen atoms in total. The summed E-state index contributed by atoms with van der Waals surface area (Å²) in [5, 5.41) is 2.05. The van der Waals surface area contributed by atoms with E-state index in [9.17, 15) is 0 Å². The van der Waals surface area contributed by atoms with E-state index in [1.165, 1.54) is 0 Å². The summed E-state index contributed by atoms with van der Waals surface area (Å²) in [5.74, 6) is 1.05. The smallest absolute Gasteiger partial charge is 0.195 e. The Morgan fingerprint density at radius 3 is 2.88 bits per heavy atom. The Bertz CT molecular complexity index is 488. The van der Waals surface area contributed by atoms with Crippen LogP contribution in [0.15, 0.2) is 11.6 Å². The zero-order valence-corrected chi connectivity index (χ0v) is 11.5. The van der Waals surface area contributed by atoms with Crippen molar-refractivity contribution in [2.75, 3.05) is 11.4 Å². The van der Waals surface area contributed by atoms with Gasteiger partial charge in [0.15, 0.2) is 10.8 Å². The highest BCUT2D eigenvalue weighted by Crippen LogP contribution is 2.26. The van der Waals surface area contributed by atoms with Gasteiger partial charge in [0.1, 0.15) is 0 Å². The van der Waals surface area contributed by atoms with Crippen LogP contribution in [0.1, 0.15) is 32.9 Å². The van der Waals surface area contributed by atoms with Crippen molar-refractivity contribution in [1.82, 2.24) is 9.38 Å². The largest absolute Gasteiger partial charge is 0.353 e. The third kappa shape index (κ3) is 2.05. The van der Waals surface area contributed by atoms with Crippen LogP contribution in [0, 0.1) is 0 Å². The van der Waals surface area contributed by atoms with Crippen molar-refractivity contribution in [2.45, 2.75) is 39.8 Å². The second-order valence-corrected chi connectivity index (χ2v) is 5.06. The van der Waals surface area contributed by atoms with E-state index in [1.54, 1.807) is 11.3 Å². The Balaban J connectivity index is 2.48. The van der Waals surface area contributed by atoms with Crippen LogP contribution in [-0.2, 0) is 6.54 Å². The Labute approximate surface area is 106 Å². The topological polar surface area (TPSA) is 46.6 Å². The fourth-order valence-corrected chi connectivity index (χ4v) is 2.86. The van der Waals surface area contributed by atoms with Crippen molar-refractivity contribution in [3.8, 4) is 0 Å². The minimum absolute atomic E-state index is 0.495. The van der Waals surface area contributed by atoms with E-state index in [2.05, 4.69) is 30.1 Å². The first-order valence-electron chi connectivity index (χ1n) is 6.14. The van der Waals surface area contributed by atoms with Gasteiger partial charge in [0.05, 0.1) is 5.69 Å². The molecule has 5 heteroatoms. The number of imidazole rings is 1. The van der Waals surface area contributed by atoms with E-state index in [0.717, 1.165) is 29.4 Å². The summed E-state index contributed by atoms with van der Waals surface area (Å²) in [7, 11) is 0. The van der Waals surface area contributed by atoms with Crippen molar-refractivity contribution in [3.05, 3.63) is 17.3 Å². The quantitative estimate of drug-likeness (QED) is 0.889.